The first kappa shape index (κ1) is 11.0. The Morgan fingerprint density at radius 3 is 2.85 bits per heavy atom. The smallest absolute Gasteiger partial charge is 0.0505 e. The van der Waals surface area contributed by atoms with E-state index in [2.05, 4.69) is 11.8 Å². The van der Waals surface area contributed by atoms with Gasteiger partial charge < -0.3 is 15.4 Å². The van der Waals surface area contributed by atoms with Gasteiger partial charge >= 0.3 is 0 Å². The van der Waals surface area contributed by atoms with E-state index in [0.29, 0.717) is 0 Å². The van der Waals surface area contributed by atoms with Crippen LogP contribution in [0.2, 0.25) is 0 Å². The standard InChI is InChI=1S/C10H22N2O/c1-9-6-12(5-3-4-11)7-10(9)8-13-2/h9-10H,3-8,11H2,1-2H3/t9-,10-/m1/s1. The monoisotopic (exact) mass is 186 g/mol. The van der Waals surface area contributed by atoms with E-state index in [1.54, 1.807) is 7.11 Å². The number of methoxy groups -OCH3 is 1. The molecule has 1 saturated heterocycles. The van der Waals surface area contributed by atoms with Gasteiger partial charge in [-0.2, -0.15) is 0 Å². The summed E-state index contributed by atoms with van der Waals surface area (Å²) in [5.41, 5.74) is 5.48. The van der Waals surface area contributed by atoms with Crippen molar-refractivity contribution in [3.63, 3.8) is 0 Å². The molecule has 1 aliphatic rings. The summed E-state index contributed by atoms with van der Waals surface area (Å²) in [4.78, 5) is 2.50. The topological polar surface area (TPSA) is 38.5 Å². The maximum absolute atomic E-state index is 5.48. The minimum atomic E-state index is 0.725. The van der Waals surface area contributed by atoms with Crippen LogP contribution in [0.4, 0.5) is 0 Å². The summed E-state index contributed by atoms with van der Waals surface area (Å²) in [6.45, 7) is 7.58. The zero-order valence-electron chi connectivity index (χ0n) is 8.83. The van der Waals surface area contributed by atoms with Gasteiger partial charge in [0.1, 0.15) is 0 Å². The minimum Gasteiger partial charge on any atom is -0.384 e. The van der Waals surface area contributed by atoms with E-state index < -0.39 is 0 Å². The molecular weight excluding hydrogens is 164 g/mol. The molecule has 0 amide bonds. The van der Waals surface area contributed by atoms with Gasteiger partial charge in [0.25, 0.3) is 0 Å². The molecule has 1 fully saturated rings. The zero-order valence-corrected chi connectivity index (χ0v) is 8.83. The SMILES string of the molecule is COC[C@H]1CN(CCCN)C[C@H]1C. The highest BCUT2D eigenvalue weighted by Crippen LogP contribution is 2.22. The van der Waals surface area contributed by atoms with Crippen molar-refractivity contribution in [3.8, 4) is 0 Å². The normalized spacial score (nSPS) is 29.8. The van der Waals surface area contributed by atoms with Gasteiger partial charge in [-0.3, -0.25) is 0 Å². The lowest BCUT2D eigenvalue weighted by molar-refractivity contribution is 0.140. The summed E-state index contributed by atoms with van der Waals surface area (Å²) >= 11 is 0. The van der Waals surface area contributed by atoms with Crippen LogP contribution in [0.1, 0.15) is 13.3 Å². The second-order valence-corrected chi connectivity index (χ2v) is 4.09. The summed E-state index contributed by atoms with van der Waals surface area (Å²) in [5, 5.41) is 0. The Morgan fingerprint density at radius 1 is 1.46 bits per heavy atom. The second kappa shape index (κ2) is 5.58. The third-order valence-electron chi connectivity index (χ3n) is 2.90. The van der Waals surface area contributed by atoms with Gasteiger partial charge in [0.2, 0.25) is 0 Å². The van der Waals surface area contributed by atoms with Crippen molar-refractivity contribution >= 4 is 0 Å². The average Bonchev–Trinajstić information content (AvgIpc) is 2.45. The molecule has 0 aromatic carbocycles. The van der Waals surface area contributed by atoms with Crippen LogP contribution in [-0.4, -0.2) is 44.8 Å². The molecule has 78 valence electrons. The van der Waals surface area contributed by atoms with Crippen molar-refractivity contribution in [1.29, 1.82) is 0 Å². The number of hydrogen-bond acceptors (Lipinski definition) is 3. The Kier molecular flexibility index (Phi) is 4.70. The molecule has 0 radical (unpaired) electrons. The van der Waals surface area contributed by atoms with Gasteiger partial charge in [-0.05, 0) is 31.3 Å². The highest BCUT2D eigenvalue weighted by atomic mass is 16.5. The van der Waals surface area contributed by atoms with Crippen molar-refractivity contribution in [1.82, 2.24) is 4.90 Å². The van der Waals surface area contributed by atoms with E-state index in [4.69, 9.17) is 10.5 Å². The van der Waals surface area contributed by atoms with Crippen molar-refractivity contribution in [2.75, 3.05) is 39.9 Å². The molecule has 3 nitrogen and oxygen atoms in total. The molecule has 0 bridgehead atoms. The average molecular weight is 186 g/mol. The third-order valence-corrected chi connectivity index (χ3v) is 2.90. The van der Waals surface area contributed by atoms with Crippen molar-refractivity contribution in [3.05, 3.63) is 0 Å². The molecule has 0 unspecified atom stereocenters. The lowest BCUT2D eigenvalue weighted by Crippen LogP contribution is -2.24. The molecule has 13 heavy (non-hydrogen) atoms. The molecule has 3 heteroatoms. The number of hydrogen-bond donors (Lipinski definition) is 1. The van der Waals surface area contributed by atoms with E-state index in [0.717, 1.165) is 38.0 Å². The molecule has 1 rings (SSSR count). The summed E-state index contributed by atoms with van der Waals surface area (Å²) in [6.07, 6.45) is 1.12. The summed E-state index contributed by atoms with van der Waals surface area (Å²) < 4.78 is 5.20. The predicted octanol–water partition coefficient (Wildman–Crippen LogP) is 0.550. The number of likely N-dealkylation sites (tertiary alicyclic amines) is 1. The number of ether oxygens (including phenoxy) is 1. The molecule has 0 aromatic heterocycles. The van der Waals surface area contributed by atoms with E-state index in [1.165, 1.54) is 13.1 Å². The van der Waals surface area contributed by atoms with Crippen LogP contribution in [0.5, 0.6) is 0 Å². The first-order chi connectivity index (χ1) is 6.27. The Morgan fingerprint density at radius 2 is 2.23 bits per heavy atom. The van der Waals surface area contributed by atoms with E-state index in [1.807, 2.05) is 0 Å². The van der Waals surface area contributed by atoms with Crippen LogP contribution >= 0.6 is 0 Å². The van der Waals surface area contributed by atoms with Gasteiger partial charge in [-0.15, -0.1) is 0 Å². The van der Waals surface area contributed by atoms with Crippen molar-refractivity contribution in [2.45, 2.75) is 13.3 Å². The fourth-order valence-corrected chi connectivity index (χ4v) is 2.07. The van der Waals surface area contributed by atoms with Gasteiger partial charge in [-0.25, -0.2) is 0 Å². The highest BCUT2D eigenvalue weighted by Gasteiger charge is 2.28. The van der Waals surface area contributed by atoms with Gasteiger partial charge in [0, 0.05) is 20.2 Å². The first-order valence-electron chi connectivity index (χ1n) is 5.19. The maximum Gasteiger partial charge on any atom is 0.0505 e. The molecule has 1 aliphatic heterocycles. The lowest BCUT2D eigenvalue weighted by atomic mass is 10.00. The molecule has 0 saturated carbocycles. The Bertz CT molecular complexity index is 141. The zero-order chi connectivity index (χ0) is 9.68. The first-order valence-corrected chi connectivity index (χ1v) is 5.19. The Labute approximate surface area is 81.2 Å². The molecule has 0 spiro atoms. The molecular formula is C10H22N2O. The van der Waals surface area contributed by atoms with Crippen LogP contribution in [-0.2, 0) is 4.74 Å². The number of rotatable bonds is 5. The van der Waals surface area contributed by atoms with Crippen molar-refractivity contribution < 1.29 is 4.74 Å². The predicted molar refractivity (Wildman–Crippen MR) is 54.6 cm³/mol. The van der Waals surface area contributed by atoms with Crippen LogP contribution in [0.25, 0.3) is 0 Å². The van der Waals surface area contributed by atoms with Gasteiger partial charge in [0.15, 0.2) is 0 Å². The van der Waals surface area contributed by atoms with Crippen LogP contribution < -0.4 is 5.73 Å². The van der Waals surface area contributed by atoms with E-state index >= 15 is 0 Å². The molecule has 2 atom stereocenters. The molecule has 1 heterocycles. The van der Waals surface area contributed by atoms with E-state index in [-0.39, 0.29) is 0 Å². The van der Waals surface area contributed by atoms with Crippen LogP contribution in [0.15, 0.2) is 0 Å². The van der Waals surface area contributed by atoms with Crippen LogP contribution in [0.3, 0.4) is 0 Å². The second-order valence-electron chi connectivity index (χ2n) is 4.09. The largest absolute Gasteiger partial charge is 0.384 e. The molecule has 0 aliphatic carbocycles. The van der Waals surface area contributed by atoms with Crippen molar-refractivity contribution in [2.24, 2.45) is 17.6 Å². The minimum absolute atomic E-state index is 0.725. The number of nitrogens with zero attached hydrogens (tertiary/aromatic N) is 1. The maximum atomic E-state index is 5.48. The molecule has 2 N–H and O–H groups in total. The van der Waals surface area contributed by atoms with Gasteiger partial charge in [0.05, 0.1) is 6.61 Å². The van der Waals surface area contributed by atoms with Crippen LogP contribution in [0, 0.1) is 11.8 Å². The molecule has 0 aromatic rings. The summed E-state index contributed by atoms with van der Waals surface area (Å²) in [6, 6.07) is 0. The van der Waals surface area contributed by atoms with E-state index in [9.17, 15) is 0 Å². The fourth-order valence-electron chi connectivity index (χ4n) is 2.07. The van der Waals surface area contributed by atoms with Gasteiger partial charge in [-0.1, -0.05) is 6.92 Å². The summed E-state index contributed by atoms with van der Waals surface area (Å²) in [5.74, 6) is 1.50. The lowest BCUT2D eigenvalue weighted by Gasteiger charge is -2.14. The Balaban J connectivity index is 2.23. The summed E-state index contributed by atoms with van der Waals surface area (Å²) in [7, 11) is 1.79. The third kappa shape index (κ3) is 3.25. The quantitative estimate of drug-likeness (QED) is 0.681. The number of nitrogens with two attached hydrogens (primary N) is 1. The Hall–Kier alpha value is -0.120. The fraction of sp³-hybridized carbons (Fsp3) is 1.00. The highest BCUT2D eigenvalue weighted by molar-refractivity contribution is 4.80.